The first kappa shape index (κ1) is 9.50. The van der Waals surface area contributed by atoms with E-state index in [2.05, 4.69) is 26.8 Å². The van der Waals surface area contributed by atoms with Gasteiger partial charge in [0.15, 0.2) is 0 Å². The van der Waals surface area contributed by atoms with Crippen molar-refractivity contribution in [3.8, 4) is 0 Å². The molecular formula is C11H18O. The molecule has 0 aromatic carbocycles. The Balaban J connectivity index is 2.55. The third-order valence-corrected chi connectivity index (χ3v) is 2.81. The topological polar surface area (TPSA) is 17.1 Å². The van der Waals surface area contributed by atoms with Gasteiger partial charge in [-0.3, -0.25) is 0 Å². The van der Waals surface area contributed by atoms with Gasteiger partial charge in [0.2, 0.25) is 0 Å². The van der Waals surface area contributed by atoms with Gasteiger partial charge in [0.05, 0.1) is 0 Å². The zero-order chi connectivity index (χ0) is 9.19. The molecule has 0 saturated carbocycles. The van der Waals surface area contributed by atoms with Crippen molar-refractivity contribution in [2.24, 2.45) is 11.3 Å². The van der Waals surface area contributed by atoms with E-state index in [0.717, 1.165) is 19.1 Å². The van der Waals surface area contributed by atoms with Crippen LogP contribution in [0.5, 0.6) is 0 Å². The molecule has 0 aromatic heterocycles. The molecule has 0 saturated heterocycles. The van der Waals surface area contributed by atoms with E-state index in [1.54, 1.807) is 0 Å². The summed E-state index contributed by atoms with van der Waals surface area (Å²) in [6, 6.07) is 0. The van der Waals surface area contributed by atoms with Gasteiger partial charge in [-0.05, 0) is 24.2 Å². The van der Waals surface area contributed by atoms with E-state index in [-0.39, 0.29) is 5.41 Å². The molecule has 0 bridgehead atoms. The van der Waals surface area contributed by atoms with E-state index in [4.69, 9.17) is 0 Å². The molecular weight excluding hydrogens is 148 g/mol. The summed E-state index contributed by atoms with van der Waals surface area (Å²) in [5, 5.41) is 0. The van der Waals surface area contributed by atoms with Gasteiger partial charge in [0, 0.05) is 6.42 Å². The molecule has 12 heavy (non-hydrogen) atoms. The Morgan fingerprint density at radius 2 is 2.33 bits per heavy atom. The molecule has 0 radical (unpaired) electrons. The molecule has 1 aliphatic rings. The second-order valence-corrected chi connectivity index (χ2v) is 4.50. The average molecular weight is 166 g/mol. The molecule has 1 heteroatoms. The lowest BCUT2D eigenvalue weighted by Crippen LogP contribution is -2.13. The number of hydrogen-bond acceptors (Lipinski definition) is 1. The van der Waals surface area contributed by atoms with Crippen LogP contribution in [0, 0.1) is 11.3 Å². The molecule has 0 N–H and O–H groups in total. The first-order valence-corrected chi connectivity index (χ1v) is 4.70. The van der Waals surface area contributed by atoms with E-state index in [1.807, 2.05) is 0 Å². The number of carbonyl (C=O) groups is 1. The Morgan fingerprint density at radius 1 is 1.67 bits per heavy atom. The largest absolute Gasteiger partial charge is 0.303 e. The van der Waals surface area contributed by atoms with Gasteiger partial charge in [-0.2, -0.15) is 0 Å². The monoisotopic (exact) mass is 166 g/mol. The molecule has 0 spiro atoms. The summed E-state index contributed by atoms with van der Waals surface area (Å²) in [5.41, 5.74) is 1.76. The van der Waals surface area contributed by atoms with Crippen LogP contribution in [0.3, 0.4) is 0 Å². The molecule has 1 aliphatic carbocycles. The Bertz CT molecular complexity index is 203. The van der Waals surface area contributed by atoms with Gasteiger partial charge in [-0.25, -0.2) is 0 Å². The molecule has 1 nitrogen and oxygen atoms in total. The summed E-state index contributed by atoms with van der Waals surface area (Å²) in [4.78, 5) is 10.4. The molecule has 0 amide bonds. The Labute approximate surface area is 74.9 Å². The van der Waals surface area contributed by atoms with Gasteiger partial charge in [-0.1, -0.05) is 32.4 Å². The molecule has 1 rings (SSSR count). The van der Waals surface area contributed by atoms with Gasteiger partial charge in [0.25, 0.3) is 0 Å². The molecule has 1 atom stereocenters. The number of aldehydes is 1. The van der Waals surface area contributed by atoms with E-state index in [0.29, 0.717) is 12.3 Å². The second kappa shape index (κ2) is 3.42. The van der Waals surface area contributed by atoms with Crippen molar-refractivity contribution >= 4 is 6.29 Å². The molecule has 0 fully saturated rings. The molecule has 0 aromatic rings. The lowest BCUT2D eigenvalue weighted by Gasteiger charge is -2.21. The highest BCUT2D eigenvalue weighted by Gasteiger charge is 2.29. The van der Waals surface area contributed by atoms with Gasteiger partial charge < -0.3 is 4.79 Å². The Kier molecular flexibility index (Phi) is 2.71. The van der Waals surface area contributed by atoms with Crippen LogP contribution >= 0.6 is 0 Å². The highest BCUT2D eigenvalue weighted by molar-refractivity contribution is 5.51. The standard InChI is InChI=1S/C11H18O/c1-9(2)10-4-5-11(3,8-10)6-7-12/h4,7,9H,5-6,8H2,1-3H3. The quantitative estimate of drug-likeness (QED) is 0.465. The van der Waals surface area contributed by atoms with Crippen LogP contribution in [0.4, 0.5) is 0 Å². The highest BCUT2D eigenvalue weighted by atomic mass is 16.1. The first-order chi connectivity index (χ1) is 5.57. The summed E-state index contributed by atoms with van der Waals surface area (Å²) in [6.45, 7) is 6.64. The maximum Gasteiger partial charge on any atom is 0.120 e. The van der Waals surface area contributed by atoms with Crippen LogP contribution in [0.25, 0.3) is 0 Å². The fourth-order valence-electron chi connectivity index (χ4n) is 1.81. The minimum atomic E-state index is 0.237. The third kappa shape index (κ3) is 1.96. The maximum absolute atomic E-state index is 10.4. The van der Waals surface area contributed by atoms with Crippen LogP contribution in [0.1, 0.15) is 40.0 Å². The Hall–Kier alpha value is -0.590. The van der Waals surface area contributed by atoms with Gasteiger partial charge in [-0.15, -0.1) is 0 Å². The van der Waals surface area contributed by atoms with Crippen LogP contribution in [0.2, 0.25) is 0 Å². The van der Waals surface area contributed by atoms with Gasteiger partial charge in [0.1, 0.15) is 6.29 Å². The number of hydrogen-bond donors (Lipinski definition) is 0. The van der Waals surface area contributed by atoms with Crippen molar-refractivity contribution in [2.75, 3.05) is 0 Å². The van der Waals surface area contributed by atoms with Crippen LogP contribution < -0.4 is 0 Å². The zero-order valence-electron chi connectivity index (χ0n) is 8.26. The highest BCUT2D eigenvalue weighted by Crippen LogP contribution is 2.41. The summed E-state index contributed by atoms with van der Waals surface area (Å²) in [7, 11) is 0. The zero-order valence-corrected chi connectivity index (χ0v) is 8.26. The average Bonchev–Trinajstić information content (AvgIpc) is 2.33. The van der Waals surface area contributed by atoms with Crippen LogP contribution in [-0.2, 0) is 4.79 Å². The van der Waals surface area contributed by atoms with Gasteiger partial charge >= 0.3 is 0 Å². The molecule has 68 valence electrons. The number of rotatable bonds is 3. The lowest BCUT2D eigenvalue weighted by molar-refractivity contribution is -0.109. The lowest BCUT2D eigenvalue weighted by atomic mass is 9.82. The van der Waals surface area contributed by atoms with E-state index in [1.165, 1.54) is 5.57 Å². The van der Waals surface area contributed by atoms with Crippen molar-refractivity contribution < 1.29 is 4.79 Å². The van der Waals surface area contributed by atoms with E-state index >= 15 is 0 Å². The molecule has 0 heterocycles. The molecule has 1 unspecified atom stereocenters. The van der Waals surface area contributed by atoms with Crippen molar-refractivity contribution in [1.29, 1.82) is 0 Å². The SMILES string of the molecule is CC(C)C1=CCC(C)(CC=O)C1. The van der Waals surface area contributed by atoms with Crippen molar-refractivity contribution in [2.45, 2.75) is 40.0 Å². The van der Waals surface area contributed by atoms with Crippen LogP contribution in [0.15, 0.2) is 11.6 Å². The second-order valence-electron chi connectivity index (χ2n) is 4.50. The summed E-state index contributed by atoms with van der Waals surface area (Å²) < 4.78 is 0. The Morgan fingerprint density at radius 3 is 2.75 bits per heavy atom. The summed E-state index contributed by atoms with van der Waals surface area (Å²) in [6.07, 6.45) is 6.27. The predicted molar refractivity (Wildman–Crippen MR) is 50.9 cm³/mol. The maximum atomic E-state index is 10.4. The summed E-state index contributed by atoms with van der Waals surface area (Å²) in [5.74, 6) is 0.651. The minimum absolute atomic E-state index is 0.237. The van der Waals surface area contributed by atoms with E-state index in [9.17, 15) is 4.79 Å². The smallest absolute Gasteiger partial charge is 0.120 e. The number of carbonyl (C=O) groups excluding carboxylic acids is 1. The van der Waals surface area contributed by atoms with Crippen molar-refractivity contribution in [1.82, 2.24) is 0 Å². The number of allylic oxidation sites excluding steroid dienone is 2. The van der Waals surface area contributed by atoms with Crippen molar-refractivity contribution in [3.05, 3.63) is 11.6 Å². The molecule has 0 aliphatic heterocycles. The minimum Gasteiger partial charge on any atom is -0.303 e. The summed E-state index contributed by atoms with van der Waals surface area (Å²) >= 11 is 0. The first-order valence-electron chi connectivity index (χ1n) is 4.70. The normalized spacial score (nSPS) is 29.2. The third-order valence-electron chi connectivity index (χ3n) is 2.81. The van der Waals surface area contributed by atoms with Crippen molar-refractivity contribution in [3.63, 3.8) is 0 Å². The fraction of sp³-hybridized carbons (Fsp3) is 0.727. The van der Waals surface area contributed by atoms with Crippen LogP contribution in [-0.4, -0.2) is 6.29 Å². The fourth-order valence-corrected chi connectivity index (χ4v) is 1.81. The predicted octanol–water partition coefficient (Wildman–Crippen LogP) is 2.96. The van der Waals surface area contributed by atoms with E-state index < -0.39 is 0 Å².